The van der Waals surface area contributed by atoms with Gasteiger partial charge in [-0.25, -0.2) is 8.42 Å². The van der Waals surface area contributed by atoms with Crippen molar-refractivity contribution < 1.29 is 13.2 Å². The highest BCUT2D eigenvalue weighted by molar-refractivity contribution is 7.89. The second-order valence-corrected chi connectivity index (χ2v) is 8.99. The molecule has 0 spiro atoms. The summed E-state index contributed by atoms with van der Waals surface area (Å²) in [4.78, 5) is 2.56. The molecule has 0 atom stereocenters. The first kappa shape index (κ1) is 19.7. The summed E-state index contributed by atoms with van der Waals surface area (Å²) >= 11 is 0. The molecule has 6 heteroatoms. The van der Waals surface area contributed by atoms with E-state index in [1.165, 1.54) is 5.56 Å². The van der Waals surface area contributed by atoms with Crippen LogP contribution in [0.2, 0.25) is 0 Å². The SMILES string of the molecule is CCc1ccc(N2CCN(S(=O)(=O)c3ccc(OC(C)C)cc3)CC2)cc1. The van der Waals surface area contributed by atoms with Gasteiger partial charge in [0.2, 0.25) is 10.0 Å². The summed E-state index contributed by atoms with van der Waals surface area (Å²) in [6.45, 7) is 8.39. The minimum absolute atomic E-state index is 0.0620. The van der Waals surface area contributed by atoms with Gasteiger partial charge in [0.1, 0.15) is 5.75 Å². The molecule has 146 valence electrons. The van der Waals surface area contributed by atoms with Gasteiger partial charge in [0.15, 0.2) is 0 Å². The van der Waals surface area contributed by atoms with Crippen molar-refractivity contribution in [3.8, 4) is 5.75 Å². The number of nitrogens with zero attached hydrogens (tertiary/aromatic N) is 2. The van der Waals surface area contributed by atoms with E-state index in [0.29, 0.717) is 36.8 Å². The minimum Gasteiger partial charge on any atom is -0.491 e. The van der Waals surface area contributed by atoms with Gasteiger partial charge in [-0.3, -0.25) is 0 Å². The molecular formula is C21H28N2O3S. The quantitative estimate of drug-likeness (QED) is 0.759. The zero-order valence-electron chi connectivity index (χ0n) is 16.3. The Kier molecular flexibility index (Phi) is 6.07. The van der Waals surface area contributed by atoms with E-state index in [0.717, 1.165) is 12.1 Å². The summed E-state index contributed by atoms with van der Waals surface area (Å²) in [6, 6.07) is 15.2. The van der Waals surface area contributed by atoms with Crippen molar-refractivity contribution in [2.24, 2.45) is 0 Å². The number of piperazine rings is 1. The average Bonchev–Trinajstić information content (AvgIpc) is 2.68. The molecule has 1 aliphatic rings. The van der Waals surface area contributed by atoms with Crippen LogP contribution in [0.3, 0.4) is 0 Å². The number of anilines is 1. The van der Waals surface area contributed by atoms with E-state index in [4.69, 9.17) is 4.74 Å². The third-order valence-corrected chi connectivity index (χ3v) is 6.69. The molecule has 1 fully saturated rings. The highest BCUT2D eigenvalue weighted by Crippen LogP contribution is 2.23. The fourth-order valence-electron chi connectivity index (χ4n) is 3.24. The second kappa shape index (κ2) is 8.31. The monoisotopic (exact) mass is 388 g/mol. The fourth-order valence-corrected chi connectivity index (χ4v) is 4.66. The largest absolute Gasteiger partial charge is 0.491 e. The van der Waals surface area contributed by atoms with Crippen LogP contribution in [0.1, 0.15) is 26.3 Å². The predicted octanol–water partition coefficient (Wildman–Crippen LogP) is 3.55. The van der Waals surface area contributed by atoms with Crippen LogP contribution in [-0.4, -0.2) is 45.0 Å². The molecule has 1 heterocycles. The summed E-state index contributed by atoms with van der Waals surface area (Å²) in [5.41, 5.74) is 2.46. The van der Waals surface area contributed by atoms with Crippen molar-refractivity contribution in [2.45, 2.75) is 38.2 Å². The molecule has 0 N–H and O–H groups in total. The van der Waals surface area contributed by atoms with E-state index < -0.39 is 10.0 Å². The Balaban J connectivity index is 1.65. The lowest BCUT2D eigenvalue weighted by Gasteiger charge is -2.35. The maximum absolute atomic E-state index is 12.9. The van der Waals surface area contributed by atoms with Crippen LogP contribution < -0.4 is 9.64 Å². The van der Waals surface area contributed by atoms with Crippen LogP contribution in [0, 0.1) is 0 Å². The highest BCUT2D eigenvalue weighted by atomic mass is 32.2. The molecule has 0 bridgehead atoms. The van der Waals surface area contributed by atoms with E-state index in [1.807, 2.05) is 13.8 Å². The lowest BCUT2D eigenvalue weighted by atomic mass is 10.1. The van der Waals surface area contributed by atoms with Gasteiger partial charge in [-0.05, 0) is 62.2 Å². The minimum atomic E-state index is -3.47. The van der Waals surface area contributed by atoms with Crippen LogP contribution in [0.25, 0.3) is 0 Å². The maximum atomic E-state index is 12.9. The Labute approximate surface area is 162 Å². The van der Waals surface area contributed by atoms with E-state index in [1.54, 1.807) is 28.6 Å². The van der Waals surface area contributed by atoms with Gasteiger partial charge in [0.25, 0.3) is 0 Å². The van der Waals surface area contributed by atoms with Gasteiger partial charge >= 0.3 is 0 Å². The van der Waals surface area contributed by atoms with Gasteiger partial charge < -0.3 is 9.64 Å². The Morgan fingerprint density at radius 2 is 1.52 bits per heavy atom. The fraction of sp³-hybridized carbons (Fsp3) is 0.429. The Bertz CT molecular complexity index is 838. The number of rotatable bonds is 6. The van der Waals surface area contributed by atoms with E-state index in [9.17, 15) is 8.42 Å². The van der Waals surface area contributed by atoms with Crippen LogP contribution in [-0.2, 0) is 16.4 Å². The Morgan fingerprint density at radius 1 is 0.926 bits per heavy atom. The predicted molar refractivity (Wildman–Crippen MR) is 109 cm³/mol. The van der Waals surface area contributed by atoms with Gasteiger partial charge in [-0.2, -0.15) is 4.31 Å². The highest BCUT2D eigenvalue weighted by Gasteiger charge is 2.28. The average molecular weight is 389 g/mol. The number of hydrogen-bond acceptors (Lipinski definition) is 4. The first-order chi connectivity index (χ1) is 12.9. The molecule has 0 amide bonds. The lowest BCUT2D eigenvalue weighted by molar-refractivity contribution is 0.242. The zero-order valence-corrected chi connectivity index (χ0v) is 17.1. The van der Waals surface area contributed by atoms with Crippen molar-refractivity contribution in [3.63, 3.8) is 0 Å². The number of ether oxygens (including phenoxy) is 1. The smallest absolute Gasteiger partial charge is 0.243 e. The second-order valence-electron chi connectivity index (χ2n) is 7.05. The molecule has 0 saturated carbocycles. The Hall–Kier alpha value is -2.05. The van der Waals surface area contributed by atoms with Crippen LogP contribution >= 0.6 is 0 Å². The van der Waals surface area contributed by atoms with Crippen molar-refractivity contribution >= 4 is 15.7 Å². The van der Waals surface area contributed by atoms with E-state index >= 15 is 0 Å². The van der Waals surface area contributed by atoms with Crippen molar-refractivity contribution in [1.29, 1.82) is 0 Å². The molecule has 2 aromatic rings. The summed E-state index contributed by atoms with van der Waals surface area (Å²) in [6.07, 6.45) is 1.08. The van der Waals surface area contributed by atoms with Crippen molar-refractivity contribution in [3.05, 3.63) is 54.1 Å². The topological polar surface area (TPSA) is 49.9 Å². The zero-order chi connectivity index (χ0) is 19.4. The molecule has 1 saturated heterocycles. The molecule has 5 nitrogen and oxygen atoms in total. The molecule has 2 aromatic carbocycles. The van der Waals surface area contributed by atoms with Crippen LogP contribution in [0.5, 0.6) is 5.75 Å². The van der Waals surface area contributed by atoms with Crippen LogP contribution in [0.4, 0.5) is 5.69 Å². The molecule has 0 radical (unpaired) electrons. The molecule has 0 aliphatic carbocycles. The molecule has 0 unspecified atom stereocenters. The van der Waals surface area contributed by atoms with Crippen molar-refractivity contribution in [2.75, 3.05) is 31.1 Å². The normalized spacial score (nSPS) is 15.9. The van der Waals surface area contributed by atoms with Gasteiger partial charge in [-0.15, -0.1) is 0 Å². The summed E-state index contributed by atoms with van der Waals surface area (Å²) in [5.74, 6) is 0.685. The standard InChI is InChI=1S/C21H28N2O3S/c1-4-18-5-7-19(8-6-18)22-13-15-23(16-14-22)27(24,25)21-11-9-20(10-12-21)26-17(2)3/h5-12,17H,4,13-16H2,1-3H3. The third-order valence-electron chi connectivity index (χ3n) is 4.78. The molecular weight excluding hydrogens is 360 g/mol. The summed E-state index contributed by atoms with van der Waals surface area (Å²) < 4.78 is 33.0. The number of benzene rings is 2. The molecule has 3 rings (SSSR count). The Morgan fingerprint density at radius 3 is 2.04 bits per heavy atom. The van der Waals surface area contributed by atoms with Gasteiger partial charge in [0.05, 0.1) is 11.0 Å². The maximum Gasteiger partial charge on any atom is 0.243 e. The third kappa shape index (κ3) is 4.62. The van der Waals surface area contributed by atoms with Crippen molar-refractivity contribution in [1.82, 2.24) is 4.31 Å². The number of aryl methyl sites for hydroxylation is 1. The summed E-state index contributed by atoms with van der Waals surface area (Å²) in [5, 5.41) is 0. The van der Waals surface area contributed by atoms with Gasteiger partial charge in [-0.1, -0.05) is 19.1 Å². The first-order valence-electron chi connectivity index (χ1n) is 9.51. The van der Waals surface area contributed by atoms with E-state index in [2.05, 4.69) is 36.1 Å². The molecule has 1 aliphatic heterocycles. The number of sulfonamides is 1. The lowest BCUT2D eigenvalue weighted by Crippen LogP contribution is -2.48. The number of hydrogen-bond donors (Lipinski definition) is 0. The first-order valence-corrected chi connectivity index (χ1v) is 10.9. The van der Waals surface area contributed by atoms with Crippen LogP contribution in [0.15, 0.2) is 53.4 Å². The molecule has 0 aromatic heterocycles. The molecule has 27 heavy (non-hydrogen) atoms. The summed E-state index contributed by atoms with van der Waals surface area (Å²) in [7, 11) is -3.47. The van der Waals surface area contributed by atoms with Gasteiger partial charge in [0, 0.05) is 31.9 Å². The van der Waals surface area contributed by atoms with E-state index in [-0.39, 0.29) is 6.10 Å².